The van der Waals surface area contributed by atoms with Gasteiger partial charge in [-0.25, -0.2) is 9.97 Å². The van der Waals surface area contributed by atoms with Crippen LogP contribution in [0.4, 0.5) is 5.82 Å². The SMILES string of the molecule is Clc1nc(CSC2CCOCC2)cc(N2CCOCC2)n1. The minimum absolute atomic E-state index is 0.335. The molecule has 0 spiro atoms. The maximum Gasteiger partial charge on any atom is 0.224 e. The molecule has 0 saturated carbocycles. The summed E-state index contributed by atoms with van der Waals surface area (Å²) in [4.78, 5) is 10.9. The molecule has 0 unspecified atom stereocenters. The number of morpholine rings is 1. The van der Waals surface area contributed by atoms with Gasteiger partial charge in [0, 0.05) is 43.4 Å². The number of aromatic nitrogens is 2. The fourth-order valence-corrected chi connectivity index (χ4v) is 3.80. The van der Waals surface area contributed by atoms with Crippen molar-refractivity contribution in [2.75, 3.05) is 44.4 Å². The molecule has 0 bridgehead atoms. The molecule has 0 N–H and O–H groups in total. The van der Waals surface area contributed by atoms with Crippen molar-refractivity contribution >= 4 is 29.2 Å². The first-order valence-corrected chi connectivity index (χ1v) is 8.79. The molecule has 3 heterocycles. The molecule has 0 radical (unpaired) electrons. The van der Waals surface area contributed by atoms with Gasteiger partial charge >= 0.3 is 0 Å². The van der Waals surface area contributed by atoms with E-state index in [0.29, 0.717) is 10.5 Å². The molecular weight excluding hydrogens is 310 g/mol. The normalized spacial score (nSPS) is 20.7. The molecule has 2 fully saturated rings. The lowest BCUT2D eigenvalue weighted by Crippen LogP contribution is -2.36. The second-order valence-electron chi connectivity index (χ2n) is 5.21. The van der Waals surface area contributed by atoms with Crippen molar-refractivity contribution < 1.29 is 9.47 Å². The maximum atomic E-state index is 6.08. The average Bonchev–Trinajstić information content (AvgIpc) is 2.54. The van der Waals surface area contributed by atoms with E-state index in [1.807, 2.05) is 11.8 Å². The van der Waals surface area contributed by atoms with Crippen molar-refractivity contribution in [2.24, 2.45) is 0 Å². The average molecular weight is 330 g/mol. The molecule has 21 heavy (non-hydrogen) atoms. The first-order chi connectivity index (χ1) is 10.3. The van der Waals surface area contributed by atoms with Gasteiger partial charge in [-0.15, -0.1) is 0 Å². The predicted octanol–water partition coefficient (Wildman–Crippen LogP) is 2.38. The second kappa shape index (κ2) is 7.63. The van der Waals surface area contributed by atoms with E-state index in [4.69, 9.17) is 21.1 Å². The van der Waals surface area contributed by atoms with Crippen molar-refractivity contribution in [2.45, 2.75) is 23.8 Å². The van der Waals surface area contributed by atoms with Crippen LogP contribution in [0.1, 0.15) is 18.5 Å². The van der Waals surface area contributed by atoms with Crippen LogP contribution in [0.15, 0.2) is 6.07 Å². The lowest BCUT2D eigenvalue weighted by Gasteiger charge is -2.28. The first-order valence-electron chi connectivity index (χ1n) is 7.37. The Balaban J connectivity index is 1.62. The van der Waals surface area contributed by atoms with Gasteiger partial charge in [0.15, 0.2) is 0 Å². The number of hydrogen-bond acceptors (Lipinski definition) is 6. The van der Waals surface area contributed by atoms with E-state index in [2.05, 4.69) is 20.9 Å². The molecule has 3 rings (SSSR count). The number of halogens is 1. The summed E-state index contributed by atoms with van der Waals surface area (Å²) in [6, 6.07) is 2.06. The summed E-state index contributed by atoms with van der Waals surface area (Å²) in [6.07, 6.45) is 2.25. The largest absolute Gasteiger partial charge is 0.381 e. The minimum atomic E-state index is 0.335. The van der Waals surface area contributed by atoms with Gasteiger partial charge in [-0.1, -0.05) is 0 Å². The van der Waals surface area contributed by atoms with Gasteiger partial charge in [0.2, 0.25) is 5.28 Å². The van der Waals surface area contributed by atoms with Crippen LogP contribution in [-0.4, -0.2) is 54.7 Å². The monoisotopic (exact) mass is 329 g/mol. The van der Waals surface area contributed by atoms with Crippen LogP contribution in [0, 0.1) is 0 Å². The van der Waals surface area contributed by atoms with Crippen molar-refractivity contribution in [3.63, 3.8) is 0 Å². The quantitative estimate of drug-likeness (QED) is 0.790. The van der Waals surface area contributed by atoms with E-state index >= 15 is 0 Å². The number of ether oxygens (including phenoxy) is 2. The fraction of sp³-hybridized carbons (Fsp3) is 0.714. The third-order valence-corrected chi connectivity index (χ3v) is 5.28. The summed E-state index contributed by atoms with van der Waals surface area (Å²) in [6.45, 7) is 4.96. The van der Waals surface area contributed by atoms with Crippen molar-refractivity contribution in [3.05, 3.63) is 17.0 Å². The molecule has 2 aliphatic heterocycles. The van der Waals surface area contributed by atoms with Crippen LogP contribution >= 0.6 is 23.4 Å². The number of rotatable bonds is 4. The number of anilines is 1. The summed E-state index contributed by atoms with van der Waals surface area (Å²) in [5, 5.41) is 1.00. The Morgan fingerprint density at radius 1 is 1.14 bits per heavy atom. The summed E-state index contributed by atoms with van der Waals surface area (Å²) in [7, 11) is 0. The molecule has 0 aliphatic carbocycles. The van der Waals surface area contributed by atoms with E-state index < -0.39 is 0 Å². The Bertz CT molecular complexity index is 466. The van der Waals surface area contributed by atoms with Crippen molar-refractivity contribution in [1.82, 2.24) is 9.97 Å². The fourth-order valence-electron chi connectivity index (χ4n) is 2.53. The van der Waals surface area contributed by atoms with Gasteiger partial charge in [0.1, 0.15) is 5.82 Å². The predicted molar refractivity (Wildman–Crippen MR) is 85.2 cm³/mol. The smallest absolute Gasteiger partial charge is 0.224 e. The zero-order valence-corrected chi connectivity index (χ0v) is 13.5. The molecule has 0 aromatic carbocycles. The van der Waals surface area contributed by atoms with E-state index in [1.54, 1.807) is 0 Å². The van der Waals surface area contributed by atoms with Gasteiger partial charge in [-0.3, -0.25) is 0 Å². The summed E-state index contributed by atoms with van der Waals surface area (Å²) in [5.41, 5.74) is 1.01. The van der Waals surface area contributed by atoms with Crippen LogP contribution in [0.25, 0.3) is 0 Å². The Kier molecular flexibility index (Phi) is 5.57. The third-order valence-electron chi connectivity index (χ3n) is 3.71. The Hall–Kier alpha value is -0.560. The van der Waals surface area contributed by atoms with E-state index in [1.165, 1.54) is 0 Å². The highest BCUT2D eigenvalue weighted by Crippen LogP contribution is 2.26. The van der Waals surface area contributed by atoms with E-state index in [0.717, 1.165) is 69.6 Å². The Morgan fingerprint density at radius 2 is 1.86 bits per heavy atom. The molecule has 2 saturated heterocycles. The Morgan fingerprint density at radius 3 is 2.62 bits per heavy atom. The van der Waals surface area contributed by atoms with Crippen molar-refractivity contribution in [3.8, 4) is 0 Å². The molecular formula is C14H20ClN3O2S. The second-order valence-corrected chi connectivity index (χ2v) is 6.84. The summed E-state index contributed by atoms with van der Waals surface area (Å²) in [5.74, 6) is 1.80. The molecule has 0 atom stereocenters. The third kappa shape index (κ3) is 4.45. The lowest BCUT2D eigenvalue weighted by molar-refractivity contribution is 0.1000. The molecule has 116 valence electrons. The van der Waals surface area contributed by atoms with Crippen LogP contribution in [0.2, 0.25) is 5.28 Å². The van der Waals surface area contributed by atoms with Gasteiger partial charge in [0.05, 0.1) is 18.9 Å². The number of nitrogens with zero attached hydrogens (tertiary/aromatic N) is 3. The van der Waals surface area contributed by atoms with Gasteiger partial charge < -0.3 is 14.4 Å². The number of thioether (sulfide) groups is 1. The standard InChI is InChI=1S/C14H20ClN3O2S/c15-14-16-11(10-21-12-1-5-19-6-2-12)9-13(17-14)18-3-7-20-8-4-18/h9,12H,1-8,10H2. The molecule has 1 aromatic heterocycles. The van der Waals surface area contributed by atoms with Crippen LogP contribution < -0.4 is 4.90 Å². The maximum absolute atomic E-state index is 6.08. The van der Waals surface area contributed by atoms with Gasteiger partial charge in [0.25, 0.3) is 0 Å². The topological polar surface area (TPSA) is 47.5 Å². The zero-order chi connectivity index (χ0) is 14.5. The zero-order valence-electron chi connectivity index (χ0n) is 12.0. The molecule has 7 heteroatoms. The van der Waals surface area contributed by atoms with Crippen LogP contribution in [0.5, 0.6) is 0 Å². The highest BCUT2D eigenvalue weighted by atomic mass is 35.5. The molecule has 5 nitrogen and oxygen atoms in total. The summed E-state index contributed by atoms with van der Waals surface area (Å²) < 4.78 is 10.8. The number of hydrogen-bond donors (Lipinski definition) is 0. The van der Waals surface area contributed by atoms with Crippen LogP contribution in [-0.2, 0) is 15.2 Å². The highest BCUT2D eigenvalue weighted by molar-refractivity contribution is 7.99. The molecule has 0 amide bonds. The highest BCUT2D eigenvalue weighted by Gasteiger charge is 2.17. The van der Waals surface area contributed by atoms with Gasteiger partial charge in [-0.2, -0.15) is 11.8 Å². The lowest BCUT2D eigenvalue weighted by atomic mass is 10.2. The summed E-state index contributed by atoms with van der Waals surface area (Å²) >= 11 is 8.02. The Labute approximate surface area is 134 Å². The first kappa shape index (κ1) is 15.3. The molecule has 2 aliphatic rings. The van der Waals surface area contributed by atoms with Gasteiger partial charge in [-0.05, 0) is 24.4 Å². The van der Waals surface area contributed by atoms with E-state index in [-0.39, 0.29) is 0 Å². The van der Waals surface area contributed by atoms with Crippen molar-refractivity contribution in [1.29, 1.82) is 0 Å². The minimum Gasteiger partial charge on any atom is -0.381 e. The van der Waals surface area contributed by atoms with Crippen LogP contribution in [0.3, 0.4) is 0 Å². The molecule has 1 aromatic rings. The van der Waals surface area contributed by atoms with E-state index in [9.17, 15) is 0 Å².